The minimum atomic E-state index is -4.58. The summed E-state index contributed by atoms with van der Waals surface area (Å²) >= 11 is 12.3. The van der Waals surface area contributed by atoms with Crippen molar-refractivity contribution in [2.45, 2.75) is 44.2 Å². The van der Waals surface area contributed by atoms with Gasteiger partial charge in [0.2, 0.25) is 18.6 Å². The molecule has 0 saturated carbocycles. The van der Waals surface area contributed by atoms with Crippen molar-refractivity contribution in [3.05, 3.63) is 243 Å². The van der Waals surface area contributed by atoms with E-state index in [9.17, 15) is 41.9 Å². The van der Waals surface area contributed by atoms with E-state index < -0.39 is 41.5 Å². The maximum atomic E-state index is 14.1. The van der Waals surface area contributed by atoms with Crippen LogP contribution < -0.4 is 35.5 Å². The lowest BCUT2D eigenvalue weighted by atomic mass is 9.95. The van der Waals surface area contributed by atoms with Gasteiger partial charge in [-0.25, -0.2) is 9.97 Å². The van der Waals surface area contributed by atoms with Gasteiger partial charge in [-0.2, -0.15) is 13.2 Å². The number of nitrogens with one attached hydrogen (secondary N) is 4. The number of hydrogen-bond donors (Lipinski definition) is 4. The fourth-order valence-electron chi connectivity index (χ4n) is 10.1. The van der Waals surface area contributed by atoms with Crippen molar-refractivity contribution in [1.29, 1.82) is 0 Å². The molecule has 0 bridgehead atoms. The van der Waals surface area contributed by atoms with Crippen LogP contribution in [0.1, 0.15) is 69.4 Å². The highest BCUT2D eigenvalue weighted by molar-refractivity contribution is 6.31. The number of rotatable bonds is 14. The van der Waals surface area contributed by atoms with Gasteiger partial charge in [0, 0.05) is 77.6 Å². The zero-order chi connectivity index (χ0) is 62.3. The van der Waals surface area contributed by atoms with E-state index in [-0.39, 0.29) is 73.1 Å². The van der Waals surface area contributed by atoms with Crippen LogP contribution in [0.15, 0.2) is 183 Å². The van der Waals surface area contributed by atoms with Gasteiger partial charge in [-0.1, -0.05) is 59.6 Å². The standard InChI is InChI=1S/C36H25ClF3N5O5.C29H24ClN5O4/c37-23-7-9-26-28(15-23)43-34(47)29(16-24-3-1-2-12-41-24)45(35(26)48)18-20-4-8-25(27(13-20)21-5-10-30-31(14-21)50-19-49-30)33(46)44-32-11-6-22(17-42-32)36(38,39)40;1-39-22-9-11-26(32-16-22)34-27(36)20-6-4-18(5-7-20)17-35-25(13-19-3-2-12-31-15-19)28(37)33-24-14-21(30)8-10-23(24)29(35)38/h1-15,17,29H,16,18-19H2,(H,43,47)(H,42,44,46);2-12,14-16,25H,13,17H2,1H3,(H,33,37)(H,32,34,36)/t29-;25-/m11/s1. The molecular formula is C65H49Cl2F3N10O9. The molecule has 0 unspecified atom stereocenters. The molecular weight excluding hydrogens is 1190 g/mol. The van der Waals surface area contributed by atoms with Gasteiger partial charge in [0.1, 0.15) is 29.5 Å². The van der Waals surface area contributed by atoms with Gasteiger partial charge >= 0.3 is 6.18 Å². The normalized spacial score (nSPS) is 15.0. The first-order chi connectivity index (χ1) is 42.9. The fourth-order valence-corrected chi connectivity index (χ4v) is 10.4. The molecule has 448 valence electrons. The zero-order valence-corrected chi connectivity index (χ0v) is 48.3. The van der Waals surface area contributed by atoms with E-state index in [2.05, 4.69) is 41.2 Å². The van der Waals surface area contributed by atoms with E-state index in [0.29, 0.717) is 78.5 Å². The number of methoxy groups -OCH3 is 1. The summed E-state index contributed by atoms with van der Waals surface area (Å²) in [6.45, 7) is 0.141. The van der Waals surface area contributed by atoms with Crippen molar-refractivity contribution in [3.63, 3.8) is 0 Å². The van der Waals surface area contributed by atoms with Gasteiger partial charge in [-0.05, 0) is 143 Å². The summed E-state index contributed by atoms with van der Waals surface area (Å²) in [4.78, 5) is 101. The second-order valence-electron chi connectivity index (χ2n) is 20.4. The molecule has 0 fully saturated rings. The number of benzene rings is 5. The minimum Gasteiger partial charge on any atom is -0.495 e. The van der Waals surface area contributed by atoms with Gasteiger partial charge in [0.15, 0.2) is 11.5 Å². The van der Waals surface area contributed by atoms with Crippen LogP contribution >= 0.6 is 23.2 Å². The number of halogens is 5. The molecule has 9 aromatic rings. The predicted molar refractivity (Wildman–Crippen MR) is 324 cm³/mol. The van der Waals surface area contributed by atoms with E-state index in [1.165, 1.54) is 24.3 Å². The van der Waals surface area contributed by atoms with E-state index in [0.717, 1.165) is 23.3 Å². The van der Waals surface area contributed by atoms with Gasteiger partial charge in [-0.3, -0.25) is 38.7 Å². The largest absolute Gasteiger partial charge is 0.495 e. The second kappa shape index (κ2) is 26.1. The number of nitrogens with zero attached hydrogens (tertiary/aromatic N) is 6. The summed E-state index contributed by atoms with van der Waals surface area (Å²) in [5.41, 5.74) is 4.62. The highest BCUT2D eigenvalue weighted by atomic mass is 35.5. The molecule has 2 atom stereocenters. The van der Waals surface area contributed by atoms with Crippen molar-refractivity contribution in [2.24, 2.45) is 0 Å². The fraction of sp³-hybridized carbons (Fsp3) is 0.138. The van der Waals surface area contributed by atoms with E-state index in [1.54, 1.807) is 151 Å². The van der Waals surface area contributed by atoms with E-state index in [1.807, 2.05) is 6.07 Å². The molecule has 0 spiro atoms. The number of anilines is 4. The molecule has 4 aromatic heterocycles. The Morgan fingerprint density at radius 2 is 1.25 bits per heavy atom. The molecule has 5 aromatic carbocycles. The number of carbonyl (C=O) groups excluding carboxylic acids is 6. The molecule has 0 radical (unpaired) electrons. The molecule has 24 heteroatoms. The quantitative estimate of drug-likeness (QED) is 0.0794. The SMILES string of the molecule is COc1ccc(NC(=O)c2ccc(CN3C(=O)c4ccc(Cl)cc4NC(=O)[C@H]3Cc3cccnc3)cc2)nc1.O=C(Nc1ccc(C(F)(F)F)cn1)c1ccc(CN2C(=O)c3ccc(Cl)cc3NC(=O)[C@H]2Cc2ccccn2)cc1-c1ccc2c(c1)OCO2. The van der Waals surface area contributed by atoms with Crippen molar-refractivity contribution >= 4 is 81.7 Å². The monoisotopic (exact) mass is 1240 g/mol. The van der Waals surface area contributed by atoms with Gasteiger partial charge in [-0.15, -0.1) is 0 Å². The average molecular weight is 1240 g/mol. The molecule has 3 aliphatic rings. The molecule has 4 N–H and O–H groups in total. The number of carbonyl (C=O) groups is 6. The third kappa shape index (κ3) is 13.9. The third-order valence-corrected chi connectivity index (χ3v) is 15.1. The molecule has 19 nitrogen and oxygen atoms in total. The Morgan fingerprint density at radius 1 is 0.607 bits per heavy atom. The van der Waals surface area contributed by atoms with Gasteiger partial charge < -0.3 is 45.3 Å². The van der Waals surface area contributed by atoms with Gasteiger partial charge in [0.25, 0.3) is 23.6 Å². The predicted octanol–water partition coefficient (Wildman–Crippen LogP) is 11.6. The van der Waals surface area contributed by atoms with Crippen LogP contribution in [-0.4, -0.2) is 91.2 Å². The number of hydrogen-bond acceptors (Lipinski definition) is 13. The Morgan fingerprint density at radius 3 is 1.85 bits per heavy atom. The first-order valence-electron chi connectivity index (χ1n) is 27.3. The lowest BCUT2D eigenvalue weighted by molar-refractivity contribution is -0.137. The molecule has 6 amide bonds. The second-order valence-corrected chi connectivity index (χ2v) is 21.3. The summed E-state index contributed by atoms with van der Waals surface area (Å²) in [5.74, 6) is -0.582. The molecule has 89 heavy (non-hydrogen) atoms. The van der Waals surface area contributed by atoms with Crippen molar-refractivity contribution in [2.75, 3.05) is 35.2 Å². The number of aromatic nitrogens is 4. The first kappa shape index (κ1) is 60.0. The van der Waals surface area contributed by atoms with Crippen LogP contribution in [0.25, 0.3) is 11.1 Å². The number of alkyl halides is 3. The highest BCUT2D eigenvalue weighted by Gasteiger charge is 2.38. The Bertz CT molecular complexity index is 4170. The maximum Gasteiger partial charge on any atom is 0.417 e. The molecule has 7 heterocycles. The third-order valence-electron chi connectivity index (χ3n) is 14.6. The summed E-state index contributed by atoms with van der Waals surface area (Å²) in [6.07, 6.45) is 2.90. The summed E-state index contributed by atoms with van der Waals surface area (Å²) in [7, 11) is 1.54. The summed E-state index contributed by atoms with van der Waals surface area (Å²) in [6, 6.07) is 38.7. The van der Waals surface area contributed by atoms with Crippen LogP contribution in [-0.2, 0) is 41.7 Å². The Labute approximate surface area is 515 Å². The van der Waals surface area contributed by atoms with Gasteiger partial charge in [0.05, 0.1) is 41.4 Å². The van der Waals surface area contributed by atoms with Crippen LogP contribution in [0, 0.1) is 0 Å². The lowest BCUT2D eigenvalue weighted by Crippen LogP contribution is -2.46. The van der Waals surface area contributed by atoms with Crippen molar-refractivity contribution < 1.29 is 56.1 Å². The molecule has 0 saturated heterocycles. The zero-order valence-electron chi connectivity index (χ0n) is 46.8. The number of pyridine rings is 4. The van der Waals surface area contributed by atoms with Crippen molar-refractivity contribution in [1.82, 2.24) is 29.7 Å². The van der Waals surface area contributed by atoms with Crippen LogP contribution in [0.5, 0.6) is 17.2 Å². The Balaban J connectivity index is 0.000000189. The van der Waals surface area contributed by atoms with E-state index >= 15 is 0 Å². The highest BCUT2D eigenvalue weighted by Crippen LogP contribution is 2.39. The average Bonchev–Trinajstić information content (AvgIpc) is 2.50. The van der Waals surface area contributed by atoms with Crippen molar-refractivity contribution in [3.8, 4) is 28.4 Å². The molecule has 3 aliphatic heterocycles. The Kier molecular flexibility index (Phi) is 17.6. The van der Waals surface area contributed by atoms with E-state index in [4.69, 9.17) is 37.4 Å². The number of fused-ring (bicyclic) bond motifs is 3. The first-order valence-corrected chi connectivity index (χ1v) is 28.1. The van der Waals surface area contributed by atoms with Crippen LogP contribution in [0.2, 0.25) is 10.0 Å². The molecule has 12 rings (SSSR count). The lowest BCUT2D eigenvalue weighted by Gasteiger charge is -2.29. The maximum absolute atomic E-state index is 14.1. The summed E-state index contributed by atoms with van der Waals surface area (Å²) in [5, 5.41) is 11.8. The topological polar surface area (TPSA) is 236 Å². The number of amides is 6. The van der Waals surface area contributed by atoms with Crippen LogP contribution in [0.3, 0.4) is 0 Å². The smallest absolute Gasteiger partial charge is 0.417 e. The molecule has 0 aliphatic carbocycles. The Hall–Kier alpha value is -10.7. The number of ether oxygens (including phenoxy) is 3. The minimum absolute atomic E-state index is 0.0231. The van der Waals surface area contributed by atoms with Crippen LogP contribution in [0.4, 0.5) is 36.2 Å². The summed E-state index contributed by atoms with van der Waals surface area (Å²) < 4.78 is 55.3.